The molecule has 0 aromatic rings. The molecule has 0 aliphatic rings. The van der Waals surface area contributed by atoms with Gasteiger partial charge in [-0.1, -0.05) is 0 Å². The van der Waals surface area contributed by atoms with Gasteiger partial charge in [0.15, 0.2) is 6.29 Å². The van der Waals surface area contributed by atoms with E-state index >= 15 is 0 Å². The Morgan fingerprint density at radius 2 is 1.36 bits per heavy atom. The summed E-state index contributed by atoms with van der Waals surface area (Å²) < 4.78 is 0. The molecular formula is C7H14O7. The van der Waals surface area contributed by atoms with Gasteiger partial charge in [0.05, 0.1) is 6.10 Å². The van der Waals surface area contributed by atoms with Crippen molar-refractivity contribution in [2.75, 3.05) is 0 Å². The van der Waals surface area contributed by atoms with Gasteiger partial charge in [-0.25, -0.2) is 0 Å². The van der Waals surface area contributed by atoms with Gasteiger partial charge in [0.2, 0.25) is 0 Å². The molecule has 0 saturated carbocycles. The average Bonchev–Trinajstić information content (AvgIpc) is 2.15. The Labute approximate surface area is 80.2 Å². The van der Waals surface area contributed by atoms with E-state index in [1.807, 2.05) is 0 Å². The van der Waals surface area contributed by atoms with E-state index in [2.05, 4.69) is 0 Å². The van der Waals surface area contributed by atoms with Gasteiger partial charge in [-0.2, -0.15) is 0 Å². The zero-order valence-corrected chi connectivity index (χ0v) is 7.52. The van der Waals surface area contributed by atoms with Crippen molar-refractivity contribution in [1.29, 1.82) is 0 Å². The zero-order chi connectivity index (χ0) is 11.7. The summed E-state index contributed by atoms with van der Waals surface area (Å²) >= 11 is 0. The first-order valence-corrected chi connectivity index (χ1v) is 3.67. The summed E-state index contributed by atoms with van der Waals surface area (Å²) in [5.74, 6) is 0. The maximum atomic E-state index is 9.87. The van der Waals surface area contributed by atoms with Crippen molar-refractivity contribution < 1.29 is 35.1 Å². The number of carbonyl (C=O) groups excluding carboxylic acids is 1. The summed E-state index contributed by atoms with van der Waals surface area (Å²) in [6.45, 7) is 0.991. The number of aldehydes is 1. The molecule has 0 aromatic heterocycles. The van der Waals surface area contributed by atoms with Crippen LogP contribution in [0.25, 0.3) is 0 Å². The summed E-state index contributed by atoms with van der Waals surface area (Å²) in [6, 6.07) is 0. The van der Waals surface area contributed by atoms with Gasteiger partial charge in [0.25, 0.3) is 6.47 Å². The van der Waals surface area contributed by atoms with Crippen LogP contribution in [0.5, 0.6) is 0 Å². The molecule has 0 fully saturated rings. The fraction of sp³-hybridized carbons (Fsp3) is 0.714. The number of hydrogen-bond donors (Lipinski definition) is 5. The highest BCUT2D eigenvalue weighted by Crippen LogP contribution is 2.02. The van der Waals surface area contributed by atoms with Crippen molar-refractivity contribution in [3.63, 3.8) is 0 Å². The quantitative estimate of drug-likeness (QED) is 0.320. The highest BCUT2D eigenvalue weighted by atomic mass is 16.4. The van der Waals surface area contributed by atoms with Crippen LogP contribution < -0.4 is 0 Å². The Kier molecular flexibility index (Phi) is 9.46. The first-order chi connectivity index (χ1) is 6.42. The molecule has 0 aromatic carbocycles. The fourth-order valence-electron chi connectivity index (χ4n) is 0.568. The van der Waals surface area contributed by atoms with Crippen LogP contribution in [0.2, 0.25) is 0 Å². The standard InChI is InChI=1S/C6H12O5.CH2O2/c1-3(8)5(10)6(11)4(9)2-7;2-1-3/h2-6,8-11H,1H3;1H,(H,2,3)/t3-,4+,5+,6-;/m0./s1. The van der Waals surface area contributed by atoms with Crippen molar-refractivity contribution >= 4 is 12.8 Å². The molecule has 0 radical (unpaired) electrons. The molecular weight excluding hydrogens is 196 g/mol. The number of hydrogen-bond acceptors (Lipinski definition) is 6. The van der Waals surface area contributed by atoms with Crippen LogP contribution in [-0.4, -0.2) is 62.7 Å². The molecule has 7 nitrogen and oxygen atoms in total. The van der Waals surface area contributed by atoms with E-state index in [9.17, 15) is 4.79 Å². The SMILES string of the molecule is C[C@H](O)[C@@H](O)[C@@H](O)[C@H](O)C=O.O=CO. The topological polar surface area (TPSA) is 135 Å². The Hall–Kier alpha value is -1.02. The van der Waals surface area contributed by atoms with Crippen molar-refractivity contribution in [1.82, 2.24) is 0 Å². The van der Waals surface area contributed by atoms with Gasteiger partial charge >= 0.3 is 0 Å². The molecule has 0 unspecified atom stereocenters. The third-order valence-corrected chi connectivity index (χ3v) is 1.33. The predicted octanol–water partition coefficient (Wildman–Crippen LogP) is -2.65. The van der Waals surface area contributed by atoms with Gasteiger partial charge in [0.1, 0.15) is 18.3 Å². The molecule has 0 spiro atoms. The molecule has 84 valence electrons. The molecule has 5 N–H and O–H groups in total. The van der Waals surface area contributed by atoms with Gasteiger partial charge in [0, 0.05) is 0 Å². The third kappa shape index (κ3) is 6.49. The van der Waals surface area contributed by atoms with E-state index in [1.54, 1.807) is 0 Å². The maximum Gasteiger partial charge on any atom is 0.290 e. The second-order valence-electron chi connectivity index (χ2n) is 2.45. The number of rotatable bonds is 4. The Morgan fingerprint density at radius 1 is 1.00 bits per heavy atom. The van der Waals surface area contributed by atoms with Crippen LogP contribution in [0.3, 0.4) is 0 Å². The molecule has 7 heteroatoms. The van der Waals surface area contributed by atoms with Crippen LogP contribution in [0.15, 0.2) is 0 Å². The largest absolute Gasteiger partial charge is 0.483 e. The number of carbonyl (C=O) groups is 2. The smallest absolute Gasteiger partial charge is 0.290 e. The van der Waals surface area contributed by atoms with E-state index in [1.165, 1.54) is 6.92 Å². The van der Waals surface area contributed by atoms with E-state index in [4.69, 9.17) is 30.3 Å². The molecule has 0 bridgehead atoms. The van der Waals surface area contributed by atoms with Gasteiger partial charge < -0.3 is 30.3 Å². The van der Waals surface area contributed by atoms with Crippen molar-refractivity contribution in [3.05, 3.63) is 0 Å². The van der Waals surface area contributed by atoms with Gasteiger partial charge in [-0.15, -0.1) is 0 Å². The minimum absolute atomic E-state index is 0.0935. The highest BCUT2D eigenvalue weighted by Gasteiger charge is 2.27. The lowest BCUT2D eigenvalue weighted by Crippen LogP contribution is -2.43. The van der Waals surface area contributed by atoms with Crippen LogP contribution in [0.1, 0.15) is 6.92 Å². The summed E-state index contributed by atoms with van der Waals surface area (Å²) in [5, 5.41) is 42.0. The second-order valence-corrected chi connectivity index (χ2v) is 2.45. The Balaban J connectivity index is 0. The molecule has 4 atom stereocenters. The Morgan fingerprint density at radius 3 is 1.57 bits per heavy atom. The molecule has 0 heterocycles. The summed E-state index contributed by atoms with van der Waals surface area (Å²) in [7, 11) is 0. The summed E-state index contributed by atoms with van der Waals surface area (Å²) in [5.41, 5.74) is 0. The van der Waals surface area contributed by atoms with Crippen LogP contribution in [0, 0.1) is 0 Å². The zero-order valence-electron chi connectivity index (χ0n) is 7.52. The molecule has 0 aliphatic carbocycles. The van der Waals surface area contributed by atoms with Crippen molar-refractivity contribution in [2.45, 2.75) is 31.3 Å². The second kappa shape index (κ2) is 8.57. The lowest BCUT2D eigenvalue weighted by Gasteiger charge is -2.21. The van der Waals surface area contributed by atoms with E-state index < -0.39 is 24.4 Å². The lowest BCUT2D eigenvalue weighted by atomic mass is 10.1. The predicted molar refractivity (Wildman–Crippen MR) is 44.5 cm³/mol. The first-order valence-electron chi connectivity index (χ1n) is 3.67. The number of aliphatic hydroxyl groups is 4. The minimum Gasteiger partial charge on any atom is -0.483 e. The van der Waals surface area contributed by atoms with Crippen molar-refractivity contribution in [3.8, 4) is 0 Å². The highest BCUT2D eigenvalue weighted by molar-refractivity contribution is 5.56. The van der Waals surface area contributed by atoms with Crippen LogP contribution in [-0.2, 0) is 9.59 Å². The number of aliphatic hydroxyl groups excluding tert-OH is 4. The maximum absolute atomic E-state index is 9.87. The fourth-order valence-corrected chi connectivity index (χ4v) is 0.568. The molecule has 14 heavy (non-hydrogen) atoms. The molecule has 0 saturated heterocycles. The van der Waals surface area contributed by atoms with Crippen LogP contribution >= 0.6 is 0 Å². The third-order valence-electron chi connectivity index (χ3n) is 1.33. The van der Waals surface area contributed by atoms with Crippen molar-refractivity contribution in [2.24, 2.45) is 0 Å². The summed E-state index contributed by atoms with van der Waals surface area (Å²) in [6.07, 6.45) is -5.88. The van der Waals surface area contributed by atoms with E-state index in [0.29, 0.717) is 0 Å². The first kappa shape index (κ1) is 15.5. The molecule has 0 rings (SSSR count). The molecule has 0 aliphatic heterocycles. The number of carboxylic acid groups (broad SMARTS) is 1. The normalized spacial score (nSPS) is 18.1. The average molecular weight is 210 g/mol. The minimum atomic E-state index is -1.65. The van der Waals surface area contributed by atoms with E-state index in [-0.39, 0.29) is 12.8 Å². The van der Waals surface area contributed by atoms with E-state index in [0.717, 1.165) is 0 Å². The van der Waals surface area contributed by atoms with Gasteiger partial charge in [-0.05, 0) is 6.92 Å². The lowest BCUT2D eigenvalue weighted by molar-refractivity contribution is -0.132. The van der Waals surface area contributed by atoms with Gasteiger partial charge in [-0.3, -0.25) is 4.79 Å². The molecule has 0 amide bonds. The van der Waals surface area contributed by atoms with Crippen LogP contribution in [0.4, 0.5) is 0 Å². The summed E-state index contributed by atoms with van der Waals surface area (Å²) in [4.78, 5) is 18.2. The Bertz CT molecular complexity index is 158. The monoisotopic (exact) mass is 210 g/mol.